The highest BCUT2D eigenvalue weighted by molar-refractivity contribution is 5.98. The summed E-state index contributed by atoms with van der Waals surface area (Å²) in [5.41, 5.74) is 0.244. The van der Waals surface area contributed by atoms with Crippen molar-refractivity contribution >= 4 is 23.6 Å². The van der Waals surface area contributed by atoms with Crippen LogP contribution in [0.4, 0.5) is 10.5 Å². The van der Waals surface area contributed by atoms with Crippen LogP contribution in [0.25, 0.3) is 0 Å². The van der Waals surface area contributed by atoms with E-state index in [1.807, 2.05) is 59.7 Å². The number of guanidine groups is 1. The molecule has 1 aliphatic heterocycles. The van der Waals surface area contributed by atoms with Gasteiger partial charge in [-0.2, -0.15) is 5.10 Å². The third-order valence-electron chi connectivity index (χ3n) is 4.80. The highest BCUT2D eigenvalue weighted by atomic mass is 16.6. The molecule has 1 atom stereocenters. The SMILES string of the molecule is CCNC(=NCC(NC(=O)OC(C)(C)C)C(C)C)N1CCN(c2cnn(C)c2)C(=O)C1. The van der Waals surface area contributed by atoms with E-state index in [4.69, 9.17) is 9.73 Å². The smallest absolute Gasteiger partial charge is 0.407 e. The lowest BCUT2D eigenvalue weighted by Crippen LogP contribution is -2.55. The molecule has 31 heavy (non-hydrogen) atoms. The number of amides is 2. The van der Waals surface area contributed by atoms with Crippen LogP contribution < -0.4 is 15.5 Å². The van der Waals surface area contributed by atoms with Crippen molar-refractivity contribution in [2.24, 2.45) is 18.0 Å². The van der Waals surface area contributed by atoms with Gasteiger partial charge in [-0.15, -0.1) is 0 Å². The van der Waals surface area contributed by atoms with Gasteiger partial charge in [0.25, 0.3) is 0 Å². The van der Waals surface area contributed by atoms with Crippen molar-refractivity contribution < 1.29 is 14.3 Å². The second-order valence-electron chi connectivity index (χ2n) is 9.03. The molecule has 0 spiro atoms. The topological polar surface area (TPSA) is 104 Å². The fourth-order valence-corrected chi connectivity index (χ4v) is 3.17. The predicted octanol–water partition coefficient (Wildman–Crippen LogP) is 1.58. The number of carbonyl (C=O) groups is 2. The first-order chi connectivity index (χ1) is 14.5. The number of nitrogens with zero attached hydrogens (tertiary/aromatic N) is 5. The van der Waals surface area contributed by atoms with E-state index in [9.17, 15) is 9.59 Å². The van der Waals surface area contributed by atoms with Crippen LogP contribution in [0.5, 0.6) is 0 Å². The number of carbonyl (C=O) groups excluding carboxylic acids is 2. The zero-order valence-corrected chi connectivity index (χ0v) is 19.8. The van der Waals surface area contributed by atoms with E-state index in [-0.39, 0.29) is 24.4 Å². The van der Waals surface area contributed by atoms with Crippen LogP contribution in [-0.4, -0.2) is 77.0 Å². The zero-order chi connectivity index (χ0) is 23.2. The minimum Gasteiger partial charge on any atom is -0.444 e. The summed E-state index contributed by atoms with van der Waals surface area (Å²) in [6, 6.07) is -0.184. The number of piperazine rings is 1. The predicted molar refractivity (Wildman–Crippen MR) is 121 cm³/mol. The normalized spacial score (nSPS) is 16.5. The lowest BCUT2D eigenvalue weighted by molar-refractivity contribution is -0.120. The number of hydrogen-bond acceptors (Lipinski definition) is 5. The Bertz CT molecular complexity index is 782. The van der Waals surface area contributed by atoms with Crippen LogP contribution >= 0.6 is 0 Å². The number of rotatable bonds is 6. The Balaban J connectivity index is 2.04. The van der Waals surface area contributed by atoms with Crippen LogP contribution in [0.1, 0.15) is 41.5 Å². The molecule has 2 heterocycles. The van der Waals surface area contributed by atoms with Gasteiger partial charge in [-0.1, -0.05) is 13.8 Å². The summed E-state index contributed by atoms with van der Waals surface area (Å²) in [4.78, 5) is 33.3. The van der Waals surface area contributed by atoms with Gasteiger partial charge >= 0.3 is 6.09 Å². The largest absolute Gasteiger partial charge is 0.444 e. The third kappa shape index (κ3) is 7.45. The van der Waals surface area contributed by atoms with Crippen LogP contribution in [0.15, 0.2) is 17.4 Å². The Kier molecular flexibility index (Phi) is 8.29. The van der Waals surface area contributed by atoms with E-state index < -0.39 is 11.7 Å². The fourth-order valence-electron chi connectivity index (χ4n) is 3.17. The number of nitrogens with one attached hydrogen (secondary N) is 2. The molecule has 1 aromatic rings. The standard InChI is InChI=1S/C21H37N7O3/c1-8-22-19(23-12-17(15(2)3)25-20(30)31-21(4,5)6)27-9-10-28(18(29)14-27)16-11-24-26(7)13-16/h11,13,15,17H,8-10,12,14H2,1-7H3,(H,22,23)(H,25,30). The van der Waals surface area contributed by atoms with Gasteiger partial charge in [0.15, 0.2) is 5.96 Å². The van der Waals surface area contributed by atoms with E-state index in [0.717, 1.165) is 5.69 Å². The number of hydrogen-bond donors (Lipinski definition) is 2. The maximum absolute atomic E-state index is 12.7. The summed E-state index contributed by atoms with van der Waals surface area (Å²) in [6.45, 7) is 14.0. The van der Waals surface area contributed by atoms with Gasteiger partial charge in [0.1, 0.15) is 12.1 Å². The average Bonchev–Trinajstić information content (AvgIpc) is 3.08. The molecule has 10 nitrogen and oxygen atoms in total. The van der Waals surface area contributed by atoms with Crippen LogP contribution in [-0.2, 0) is 16.6 Å². The molecule has 2 rings (SSSR count). The highest BCUT2D eigenvalue weighted by Gasteiger charge is 2.28. The average molecular weight is 436 g/mol. The van der Waals surface area contributed by atoms with Gasteiger partial charge in [-0.25, -0.2) is 4.79 Å². The Morgan fingerprint density at radius 2 is 2.03 bits per heavy atom. The highest BCUT2D eigenvalue weighted by Crippen LogP contribution is 2.16. The minimum atomic E-state index is -0.557. The number of aromatic nitrogens is 2. The first-order valence-electron chi connectivity index (χ1n) is 10.8. The second kappa shape index (κ2) is 10.5. The summed E-state index contributed by atoms with van der Waals surface area (Å²) in [5, 5.41) is 10.3. The molecule has 0 aliphatic carbocycles. The lowest BCUT2D eigenvalue weighted by Gasteiger charge is -2.35. The number of alkyl carbamates (subject to hydrolysis) is 1. The number of anilines is 1. The molecule has 1 aromatic heterocycles. The molecule has 10 heteroatoms. The fraction of sp³-hybridized carbons (Fsp3) is 0.714. The Morgan fingerprint density at radius 1 is 1.32 bits per heavy atom. The van der Waals surface area contributed by atoms with Gasteiger partial charge in [0.05, 0.1) is 24.5 Å². The molecule has 1 unspecified atom stereocenters. The number of aliphatic imine (C=N–C) groups is 1. The van der Waals surface area contributed by atoms with Gasteiger partial charge in [0.2, 0.25) is 5.91 Å². The molecule has 174 valence electrons. The van der Waals surface area contributed by atoms with Crippen molar-refractivity contribution in [2.45, 2.75) is 53.2 Å². The molecular formula is C21H37N7O3. The minimum absolute atomic E-state index is 0.00265. The first kappa shape index (κ1) is 24.5. The quantitative estimate of drug-likeness (QED) is 0.519. The monoisotopic (exact) mass is 435 g/mol. The third-order valence-corrected chi connectivity index (χ3v) is 4.80. The molecular weight excluding hydrogens is 398 g/mol. The van der Waals surface area contributed by atoms with Crippen molar-refractivity contribution in [1.29, 1.82) is 0 Å². The van der Waals surface area contributed by atoms with Crippen molar-refractivity contribution in [3.8, 4) is 0 Å². The van der Waals surface area contributed by atoms with E-state index in [1.54, 1.807) is 15.8 Å². The van der Waals surface area contributed by atoms with E-state index in [1.165, 1.54) is 0 Å². The van der Waals surface area contributed by atoms with Gasteiger partial charge in [0, 0.05) is 32.9 Å². The van der Waals surface area contributed by atoms with E-state index in [2.05, 4.69) is 15.7 Å². The molecule has 1 aliphatic rings. The Hall–Kier alpha value is -2.78. The summed E-state index contributed by atoms with van der Waals surface area (Å²) in [7, 11) is 1.83. The van der Waals surface area contributed by atoms with E-state index >= 15 is 0 Å². The van der Waals surface area contributed by atoms with Crippen molar-refractivity contribution in [3.63, 3.8) is 0 Å². The maximum atomic E-state index is 12.7. The van der Waals surface area contributed by atoms with Crippen molar-refractivity contribution in [1.82, 2.24) is 25.3 Å². The van der Waals surface area contributed by atoms with Crippen LogP contribution in [0.3, 0.4) is 0 Å². The Morgan fingerprint density at radius 3 is 2.55 bits per heavy atom. The molecule has 0 radical (unpaired) electrons. The summed E-state index contributed by atoms with van der Waals surface area (Å²) in [6.07, 6.45) is 3.08. The van der Waals surface area contributed by atoms with Crippen molar-refractivity contribution in [2.75, 3.05) is 37.6 Å². The summed E-state index contributed by atoms with van der Waals surface area (Å²) >= 11 is 0. The molecule has 2 amide bonds. The van der Waals surface area contributed by atoms with Crippen LogP contribution in [0.2, 0.25) is 0 Å². The van der Waals surface area contributed by atoms with Gasteiger partial charge in [-0.05, 0) is 33.6 Å². The molecule has 1 fully saturated rings. The maximum Gasteiger partial charge on any atom is 0.407 e. The zero-order valence-electron chi connectivity index (χ0n) is 19.8. The molecule has 2 N–H and O–H groups in total. The molecule has 0 saturated carbocycles. The summed E-state index contributed by atoms with van der Waals surface area (Å²) < 4.78 is 7.06. The lowest BCUT2D eigenvalue weighted by atomic mass is 10.1. The number of ether oxygens (including phenoxy) is 1. The van der Waals surface area contributed by atoms with Gasteiger partial charge < -0.3 is 25.2 Å². The van der Waals surface area contributed by atoms with E-state index in [0.29, 0.717) is 32.1 Å². The molecule has 1 saturated heterocycles. The van der Waals surface area contributed by atoms with Gasteiger partial charge in [-0.3, -0.25) is 14.5 Å². The second-order valence-corrected chi connectivity index (χ2v) is 9.03. The Labute approximate surface area is 185 Å². The van der Waals surface area contributed by atoms with Crippen molar-refractivity contribution in [3.05, 3.63) is 12.4 Å². The number of aryl methyl sites for hydroxylation is 1. The molecule has 0 bridgehead atoms. The summed E-state index contributed by atoms with van der Waals surface area (Å²) in [5.74, 6) is 0.832. The van der Waals surface area contributed by atoms with Crippen LogP contribution in [0, 0.1) is 5.92 Å². The molecule has 0 aromatic carbocycles. The first-order valence-corrected chi connectivity index (χ1v) is 10.8.